The van der Waals surface area contributed by atoms with Gasteiger partial charge in [0.15, 0.2) is 0 Å². The van der Waals surface area contributed by atoms with E-state index in [-0.39, 0.29) is 0 Å². The topological polar surface area (TPSA) is 86.9 Å². The number of nitrogens with zero attached hydrogens (tertiary/aromatic N) is 2. The lowest BCUT2D eigenvalue weighted by Crippen LogP contribution is -2.14. The number of thioether (sulfide) groups is 1. The molecule has 0 radical (unpaired) electrons. The number of amides is 1. The van der Waals surface area contributed by atoms with E-state index in [4.69, 9.17) is 11.5 Å². The van der Waals surface area contributed by atoms with E-state index in [9.17, 15) is 4.79 Å². The van der Waals surface area contributed by atoms with Crippen LogP contribution in [0, 0.1) is 11.8 Å². The molecular weight excluding hydrogens is 248 g/mol. The van der Waals surface area contributed by atoms with Crippen molar-refractivity contribution in [2.24, 2.45) is 24.6 Å². The summed E-state index contributed by atoms with van der Waals surface area (Å²) < 4.78 is 1.53. The fourth-order valence-electron chi connectivity index (χ4n) is 2.80. The van der Waals surface area contributed by atoms with E-state index in [0.717, 1.165) is 12.0 Å². The van der Waals surface area contributed by atoms with Crippen LogP contribution in [0.5, 0.6) is 0 Å². The van der Waals surface area contributed by atoms with Gasteiger partial charge in [0.1, 0.15) is 17.1 Å². The second-order valence-corrected chi connectivity index (χ2v) is 6.03. The molecule has 2 aliphatic rings. The van der Waals surface area contributed by atoms with Crippen molar-refractivity contribution in [2.75, 3.05) is 17.2 Å². The number of nitrogen functional groups attached to an aromatic ring is 1. The molecule has 2 unspecified atom stereocenters. The Labute approximate surface area is 110 Å². The molecular formula is C12H16N4OS. The normalized spacial score (nSPS) is 26.2. The Balaban J connectivity index is 2.03. The number of nitrogens with two attached hydrogens (primary N) is 2. The molecule has 1 saturated heterocycles. The highest BCUT2D eigenvalue weighted by molar-refractivity contribution is 7.99. The largest absolute Gasteiger partial charge is 0.383 e. The number of fused-ring (bicyclic) bond motifs is 1. The highest BCUT2D eigenvalue weighted by Crippen LogP contribution is 2.44. The highest BCUT2D eigenvalue weighted by atomic mass is 32.2. The van der Waals surface area contributed by atoms with E-state index in [1.54, 1.807) is 7.05 Å². The Morgan fingerprint density at radius 2 is 2.33 bits per heavy atom. The maximum absolute atomic E-state index is 11.5. The number of primary amides is 1. The molecule has 2 heterocycles. The summed E-state index contributed by atoms with van der Waals surface area (Å²) in [6.45, 7) is 0. The molecule has 2 atom stereocenters. The van der Waals surface area contributed by atoms with Crippen LogP contribution < -0.4 is 11.5 Å². The Kier molecular flexibility index (Phi) is 2.62. The number of carbonyl (C=O) groups excluding carboxylic acids is 1. The highest BCUT2D eigenvalue weighted by Gasteiger charge is 2.35. The maximum atomic E-state index is 11.5. The number of carbonyl (C=O) groups is 1. The molecule has 6 heteroatoms. The lowest BCUT2D eigenvalue weighted by atomic mass is 9.99. The van der Waals surface area contributed by atoms with E-state index in [1.807, 2.05) is 11.8 Å². The first-order valence-electron chi connectivity index (χ1n) is 5.99. The summed E-state index contributed by atoms with van der Waals surface area (Å²) in [5, 5.41) is 4.36. The monoisotopic (exact) mass is 264 g/mol. The third-order valence-electron chi connectivity index (χ3n) is 3.79. The molecule has 5 nitrogen and oxygen atoms in total. The Morgan fingerprint density at radius 3 is 3.00 bits per heavy atom. The minimum absolute atomic E-state index is 0.352. The SMILES string of the molecule is Cn1nc(C2=CC3CSCC3C2)c(C(N)=O)c1N. The second kappa shape index (κ2) is 4.05. The number of anilines is 1. The Bertz CT molecular complexity index is 549. The van der Waals surface area contributed by atoms with Crippen molar-refractivity contribution in [3.63, 3.8) is 0 Å². The predicted molar refractivity (Wildman–Crippen MR) is 73.0 cm³/mol. The van der Waals surface area contributed by atoms with Crippen LogP contribution in [0.25, 0.3) is 5.57 Å². The maximum Gasteiger partial charge on any atom is 0.254 e. The zero-order valence-corrected chi connectivity index (χ0v) is 11.0. The van der Waals surface area contributed by atoms with Gasteiger partial charge in [-0.3, -0.25) is 9.48 Å². The summed E-state index contributed by atoms with van der Waals surface area (Å²) in [6.07, 6.45) is 3.23. The number of hydrogen-bond acceptors (Lipinski definition) is 4. The van der Waals surface area contributed by atoms with E-state index >= 15 is 0 Å². The van der Waals surface area contributed by atoms with Crippen molar-refractivity contribution in [2.45, 2.75) is 6.42 Å². The smallest absolute Gasteiger partial charge is 0.254 e. The van der Waals surface area contributed by atoms with E-state index in [0.29, 0.717) is 28.9 Å². The molecule has 0 saturated carbocycles. The predicted octanol–water partition coefficient (Wildman–Crippen LogP) is 0.868. The van der Waals surface area contributed by atoms with Crippen molar-refractivity contribution in [3.05, 3.63) is 17.3 Å². The van der Waals surface area contributed by atoms with Crippen LogP contribution in [0.2, 0.25) is 0 Å². The first kappa shape index (κ1) is 11.6. The summed E-state index contributed by atoms with van der Waals surface area (Å²) >= 11 is 2.00. The number of hydrogen-bond donors (Lipinski definition) is 2. The molecule has 0 spiro atoms. The van der Waals surface area contributed by atoms with Crippen molar-refractivity contribution in [1.29, 1.82) is 0 Å². The van der Waals surface area contributed by atoms with Gasteiger partial charge in [0.05, 0.1) is 0 Å². The van der Waals surface area contributed by atoms with Gasteiger partial charge >= 0.3 is 0 Å². The van der Waals surface area contributed by atoms with Crippen LogP contribution in [-0.4, -0.2) is 27.2 Å². The first-order chi connectivity index (χ1) is 8.58. The molecule has 3 rings (SSSR count). The van der Waals surface area contributed by atoms with Gasteiger partial charge < -0.3 is 11.5 Å². The molecule has 0 aromatic carbocycles. The molecule has 4 N–H and O–H groups in total. The van der Waals surface area contributed by atoms with Crippen molar-refractivity contribution in [1.82, 2.24) is 9.78 Å². The molecule has 18 heavy (non-hydrogen) atoms. The molecule has 1 aliphatic heterocycles. The molecule has 1 aliphatic carbocycles. The minimum atomic E-state index is -0.497. The molecule has 1 aromatic heterocycles. The summed E-state index contributed by atoms with van der Waals surface area (Å²) in [5.41, 5.74) is 13.4. The van der Waals surface area contributed by atoms with E-state index in [2.05, 4.69) is 11.2 Å². The van der Waals surface area contributed by atoms with Gasteiger partial charge in [0.2, 0.25) is 0 Å². The number of aromatic nitrogens is 2. The molecule has 96 valence electrons. The molecule has 0 bridgehead atoms. The fourth-order valence-corrected chi connectivity index (χ4v) is 4.24. The average Bonchev–Trinajstić information content (AvgIpc) is 2.92. The van der Waals surface area contributed by atoms with Gasteiger partial charge in [-0.25, -0.2) is 0 Å². The van der Waals surface area contributed by atoms with Gasteiger partial charge in [-0.2, -0.15) is 16.9 Å². The molecule has 1 amide bonds. The van der Waals surface area contributed by atoms with Crippen LogP contribution in [0.4, 0.5) is 5.82 Å². The third kappa shape index (κ3) is 1.63. The fraction of sp³-hybridized carbons (Fsp3) is 0.500. The summed E-state index contributed by atoms with van der Waals surface area (Å²) in [5.74, 6) is 3.53. The van der Waals surface area contributed by atoms with Crippen LogP contribution in [0.1, 0.15) is 22.5 Å². The Morgan fingerprint density at radius 1 is 1.56 bits per heavy atom. The van der Waals surface area contributed by atoms with Crippen molar-refractivity contribution in [3.8, 4) is 0 Å². The molecule has 1 fully saturated rings. The summed E-state index contributed by atoms with van der Waals surface area (Å²) in [7, 11) is 1.73. The van der Waals surface area contributed by atoms with Gasteiger partial charge in [0.25, 0.3) is 5.91 Å². The average molecular weight is 264 g/mol. The zero-order valence-electron chi connectivity index (χ0n) is 10.2. The van der Waals surface area contributed by atoms with Gasteiger partial charge in [-0.1, -0.05) is 6.08 Å². The standard InChI is InChI=1S/C12H16N4OS/c1-16-11(13)9(12(14)17)10(15-16)6-2-7-4-18-5-8(7)3-6/h2,7-8H,3-5,13H2,1H3,(H2,14,17). The van der Waals surface area contributed by atoms with Crippen LogP contribution in [0.3, 0.4) is 0 Å². The first-order valence-corrected chi connectivity index (χ1v) is 7.14. The zero-order chi connectivity index (χ0) is 12.9. The van der Waals surface area contributed by atoms with Crippen LogP contribution >= 0.6 is 11.8 Å². The number of aryl methyl sites for hydroxylation is 1. The van der Waals surface area contributed by atoms with Crippen molar-refractivity contribution >= 4 is 29.1 Å². The van der Waals surface area contributed by atoms with E-state index in [1.165, 1.54) is 16.2 Å². The van der Waals surface area contributed by atoms with E-state index < -0.39 is 5.91 Å². The number of rotatable bonds is 2. The second-order valence-electron chi connectivity index (χ2n) is 4.95. The summed E-state index contributed by atoms with van der Waals surface area (Å²) in [6, 6.07) is 0. The molecule has 1 aromatic rings. The van der Waals surface area contributed by atoms with Crippen molar-refractivity contribution < 1.29 is 4.79 Å². The third-order valence-corrected chi connectivity index (χ3v) is 5.07. The lowest BCUT2D eigenvalue weighted by Gasteiger charge is -2.05. The van der Waals surface area contributed by atoms with Crippen LogP contribution in [0.15, 0.2) is 6.08 Å². The van der Waals surface area contributed by atoms with Crippen LogP contribution in [-0.2, 0) is 7.05 Å². The van der Waals surface area contributed by atoms with Gasteiger partial charge in [0, 0.05) is 7.05 Å². The van der Waals surface area contributed by atoms with Gasteiger partial charge in [-0.15, -0.1) is 0 Å². The lowest BCUT2D eigenvalue weighted by molar-refractivity contribution is 0.100. The number of allylic oxidation sites excluding steroid dienone is 2. The summed E-state index contributed by atoms with van der Waals surface area (Å²) in [4.78, 5) is 11.5. The minimum Gasteiger partial charge on any atom is -0.383 e. The van der Waals surface area contributed by atoms with Gasteiger partial charge in [-0.05, 0) is 35.3 Å². The Hall–Kier alpha value is -1.43. The quantitative estimate of drug-likeness (QED) is 0.829.